The van der Waals surface area contributed by atoms with E-state index in [1.165, 1.54) is 7.11 Å². The van der Waals surface area contributed by atoms with E-state index in [9.17, 15) is 8.78 Å². The van der Waals surface area contributed by atoms with E-state index in [1.54, 1.807) is 0 Å². The number of aliphatic imine (C=N–C) groups is 2. The number of guanidine groups is 2. The van der Waals surface area contributed by atoms with Gasteiger partial charge in [-0.25, -0.2) is 13.8 Å². The summed E-state index contributed by atoms with van der Waals surface area (Å²) in [6.07, 6.45) is 0. The fourth-order valence-corrected chi connectivity index (χ4v) is 1.05. The van der Waals surface area contributed by atoms with Gasteiger partial charge in [-0.1, -0.05) is 0 Å². The fraction of sp³-hybridized carbons (Fsp3) is 0.111. The highest BCUT2D eigenvalue weighted by molar-refractivity contribution is 5.93. The van der Waals surface area contributed by atoms with Gasteiger partial charge in [-0.3, -0.25) is 0 Å². The molecular formula is C9H11F2N5O. The highest BCUT2D eigenvalue weighted by Crippen LogP contribution is 2.29. The average molecular weight is 243 g/mol. The molecule has 0 bridgehead atoms. The topological polar surface area (TPSA) is 112 Å². The summed E-state index contributed by atoms with van der Waals surface area (Å²) in [6, 6.07) is 2.12. The van der Waals surface area contributed by atoms with Crippen molar-refractivity contribution in [2.45, 2.75) is 0 Å². The highest BCUT2D eigenvalue weighted by Gasteiger charge is 2.14. The first-order chi connectivity index (χ1) is 7.95. The van der Waals surface area contributed by atoms with Crippen LogP contribution in [0, 0.1) is 11.6 Å². The fourth-order valence-electron chi connectivity index (χ4n) is 1.05. The molecule has 0 aliphatic rings. The molecule has 0 radical (unpaired) electrons. The number of nitrogens with two attached hydrogens (primary N) is 3. The summed E-state index contributed by atoms with van der Waals surface area (Å²) < 4.78 is 31.6. The zero-order valence-electron chi connectivity index (χ0n) is 8.95. The second-order valence-corrected chi connectivity index (χ2v) is 2.92. The van der Waals surface area contributed by atoms with Crippen LogP contribution in [0.2, 0.25) is 0 Å². The van der Waals surface area contributed by atoms with Gasteiger partial charge in [-0.15, -0.1) is 0 Å². The van der Waals surface area contributed by atoms with Crippen LogP contribution in [0.25, 0.3) is 0 Å². The quantitative estimate of drug-likeness (QED) is 0.508. The van der Waals surface area contributed by atoms with Crippen LogP contribution in [0.15, 0.2) is 22.1 Å². The summed E-state index contributed by atoms with van der Waals surface area (Å²) in [4.78, 5) is 6.76. The van der Waals surface area contributed by atoms with Crippen molar-refractivity contribution in [3.8, 4) is 5.75 Å². The summed E-state index contributed by atoms with van der Waals surface area (Å²) in [5, 5.41) is 0. The van der Waals surface area contributed by atoms with Gasteiger partial charge >= 0.3 is 0 Å². The first-order valence-electron chi connectivity index (χ1n) is 4.41. The molecular weight excluding hydrogens is 232 g/mol. The van der Waals surface area contributed by atoms with Crippen molar-refractivity contribution >= 4 is 17.6 Å². The first kappa shape index (κ1) is 12.7. The molecule has 0 aliphatic heterocycles. The number of ether oxygens (including phenoxy) is 1. The molecule has 0 fully saturated rings. The van der Waals surface area contributed by atoms with E-state index in [-0.39, 0.29) is 11.7 Å². The number of hydrogen-bond donors (Lipinski definition) is 3. The van der Waals surface area contributed by atoms with Gasteiger partial charge in [-0.2, -0.15) is 4.99 Å². The Morgan fingerprint density at radius 3 is 2.41 bits per heavy atom. The van der Waals surface area contributed by atoms with Gasteiger partial charge < -0.3 is 21.9 Å². The van der Waals surface area contributed by atoms with Crippen LogP contribution in [-0.4, -0.2) is 19.0 Å². The zero-order valence-corrected chi connectivity index (χ0v) is 8.95. The Bertz CT molecular complexity index is 483. The van der Waals surface area contributed by atoms with Gasteiger partial charge in [0, 0.05) is 0 Å². The normalized spacial score (nSPS) is 11.1. The van der Waals surface area contributed by atoms with Crippen LogP contribution < -0.4 is 21.9 Å². The second-order valence-electron chi connectivity index (χ2n) is 2.92. The number of halogens is 2. The molecule has 0 amide bonds. The SMILES string of the molecule is COc1ccc(F)c(N=C(N)N=C(N)N)c1F. The van der Waals surface area contributed by atoms with Crippen molar-refractivity contribution in [3.63, 3.8) is 0 Å². The van der Waals surface area contributed by atoms with Crippen molar-refractivity contribution in [2.24, 2.45) is 27.2 Å². The van der Waals surface area contributed by atoms with Crippen LogP contribution >= 0.6 is 0 Å². The van der Waals surface area contributed by atoms with Gasteiger partial charge in [0.1, 0.15) is 5.69 Å². The maximum Gasteiger partial charge on any atom is 0.223 e. The Morgan fingerprint density at radius 1 is 1.24 bits per heavy atom. The predicted octanol–water partition coefficient (Wildman–Crippen LogP) is 0.193. The molecule has 1 aromatic carbocycles. The molecule has 1 aromatic rings. The summed E-state index contributed by atoms with van der Waals surface area (Å²) in [5.74, 6) is -2.88. The molecule has 0 heterocycles. The maximum absolute atomic E-state index is 13.6. The largest absolute Gasteiger partial charge is 0.494 e. The lowest BCUT2D eigenvalue weighted by Gasteiger charge is -2.05. The summed E-state index contributed by atoms with van der Waals surface area (Å²) in [7, 11) is 1.24. The summed E-state index contributed by atoms with van der Waals surface area (Å²) in [5.41, 5.74) is 14.7. The van der Waals surface area contributed by atoms with Crippen LogP contribution in [-0.2, 0) is 0 Å². The zero-order chi connectivity index (χ0) is 13.0. The number of hydrogen-bond acceptors (Lipinski definition) is 2. The van der Waals surface area contributed by atoms with Crippen LogP contribution in [0.3, 0.4) is 0 Å². The van der Waals surface area contributed by atoms with Crippen molar-refractivity contribution < 1.29 is 13.5 Å². The van der Waals surface area contributed by atoms with Crippen molar-refractivity contribution in [1.29, 1.82) is 0 Å². The minimum absolute atomic E-state index is 0.164. The Balaban J connectivity index is 3.27. The van der Waals surface area contributed by atoms with Crippen molar-refractivity contribution in [1.82, 2.24) is 0 Å². The van der Waals surface area contributed by atoms with Crippen molar-refractivity contribution in [2.75, 3.05) is 7.11 Å². The van der Waals surface area contributed by atoms with Crippen LogP contribution in [0.5, 0.6) is 5.75 Å². The molecule has 0 unspecified atom stereocenters. The van der Waals surface area contributed by atoms with Gasteiger partial charge in [0.05, 0.1) is 7.11 Å². The molecule has 92 valence electrons. The Morgan fingerprint density at radius 2 is 1.88 bits per heavy atom. The van der Waals surface area contributed by atoms with Crippen molar-refractivity contribution in [3.05, 3.63) is 23.8 Å². The molecule has 0 aromatic heterocycles. The van der Waals surface area contributed by atoms with E-state index in [2.05, 4.69) is 14.7 Å². The summed E-state index contributed by atoms with van der Waals surface area (Å²) >= 11 is 0. The molecule has 0 aliphatic carbocycles. The maximum atomic E-state index is 13.6. The third-order valence-electron chi connectivity index (χ3n) is 1.72. The third kappa shape index (κ3) is 3.03. The van der Waals surface area contributed by atoms with Crippen LogP contribution in [0.1, 0.15) is 0 Å². The number of nitrogens with zero attached hydrogens (tertiary/aromatic N) is 2. The molecule has 6 N–H and O–H groups in total. The Hall–Kier alpha value is -2.38. The van der Waals surface area contributed by atoms with E-state index in [0.29, 0.717) is 0 Å². The molecule has 8 heteroatoms. The third-order valence-corrected chi connectivity index (χ3v) is 1.72. The molecule has 0 spiro atoms. The van der Waals surface area contributed by atoms with E-state index in [0.717, 1.165) is 12.1 Å². The van der Waals surface area contributed by atoms with Gasteiger partial charge in [0.15, 0.2) is 23.3 Å². The molecule has 17 heavy (non-hydrogen) atoms. The van der Waals surface area contributed by atoms with Gasteiger partial charge in [0.25, 0.3) is 0 Å². The molecule has 0 saturated carbocycles. The Kier molecular flexibility index (Phi) is 3.81. The smallest absolute Gasteiger partial charge is 0.223 e. The minimum atomic E-state index is -0.985. The first-order valence-corrected chi connectivity index (χ1v) is 4.41. The lowest BCUT2D eigenvalue weighted by molar-refractivity contribution is 0.385. The lowest BCUT2D eigenvalue weighted by Crippen LogP contribution is -2.26. The Labute approximate surface area is 95.8 Å². The van der Waals surface area contributed by atoms with E-state index in [4.69, 9.17) is 17.2 Å². The molecule has 0 atom stereocenters. The van der Waals surface area contributed by atoms with E-state index >= 15 is 0 Å². The summed E-state index contributed by atoms with van der Waals surface area (Å²) in [6.45, 7) is 0. The molecule has 1 rings (SSSR count). The number of methoxy groups -OCH3 is 1. The predicted molar refractivity (Wildman–Crippen MR) is 60.0 cm³/mol. The minimum Gasteiger partial charge on any atom is -0.494 e. The monoisotopic (exact) mass is 243 g/mol. The van der Waals surface area contributed by atoms with Gasteiger partial charge in [0.2, 0.25) is 5.96 Å². The van der Waals surface area contributed by atoms with E-state index < -0.39 is 23.3 Å². The lowest BCUT2D eigenvalue weighted by atomic mass is 10.2. The van der Waals surface area contributed by atoms with Gasteiger partial charge in [-0.05, 0) is 12.1 Å². The number of rotatable bonds is 2. The number of benzene rings is 1. The molecule has 0 saturated heterocycles. The highest BCUT2D eigenvalue weighted by atomic mass is 19.1. The average Bonchev–Trinajstić information content (AvgIpc) is 2.23. The standard InChI is InChI=1S/C9H11F2N5O/c1-17-5-3-2-4(10)7(6(5)11)15-9(14)16-8(12)13/h2-3H,1H3,(H6,12,13,14,15,16). The molecule has 6 nitrogen and oxygen atoms in total. The van der Waals surface area contributed by atoms with E-state index in [1.807, 2.05) is 0 Å². The van der Waals surface area contributed by atoms with Crippen LogP contribution in [0.4, 0.5) is 14.5 Å². The second kappa shape index (κ2) is 5.10.